The number of hydrogen-bond donors (Lipinski definition) is 1. The summed E-state index contributed by atoms with van der Waals surface area (Å²) < 4.78 is 16.3. The molecule has 15 heavy (non-hydrogen) atoms. The third kappa shape index (κ3) is 3.58. The lowest BCUT2D eigenvalue weighted by Gasteiger charge is -2.08. The Balaban J connectivity index is 2.63. The Bertz CT molecular complexity index is 352. The normalized spacial score (nSPS) is 9.80. The van der Waals surface area contributed by atoms with Crippen molar-refractivity contribution in [1.29, 1.82) is 0 Å². The number of amides is 1. The average molecular weight is 211 g/mol. The molecule has 0 radical (unpaired) electrons. The maximum atomic E-state index is 11.7. The summed E-state index contributed by atoms with van der Waals surface area (Å²) in [5.74, 6) is 0. The molecule has 0 heterocycles. The van der Waals surface area contributed by atoms with Crippen molar-refractivity contribution in [2.45, 2.75) is 13.8 Å². The smallest absolute Gasteiger partial charge is 0.411 e. The molecule has 1 N–H and O–H groups in total. The van der Waals surface area contributed by atoms with E-state index in [1.165, 1.54) is 0 Å². The molecule has 1 rings (SSSR count). The van der Waals surface area contributed by atoms with E-state index in [4.69, 9.17) is 0 Å². The topological polar surface area (TPSA) is 38.3 Å². The van der Waals surface area contributed by atoms with Gasteiger partial charge in [-0.05, 0) is 31.0 Å². The number of alkyl halides is 1. The molecule has 0 aliphatic rings. The number of nitrogens with one attached hydrogen (secondary N) is 1. The predicted octanol–water partition coefficient (Wildman–Crippen LogP) is 2.82. The maximum Gasteiger partial charge on any atom is 0.411 e. The van der Waals surface area contributed by atoms with Crippen LogP contribution in [-0.2, 0) is 4.74 Å². The first-order valence-corrected chi connectivity index (χ1v) is 4.70. The molecule has 1 aromatic carbocycles. The van der Waals surface area contributed by atoms with Crippen molar-refractivity contribution in [1.82, 2.24) is 0 Å². The fourth-order valence-corrected chi connectivity index (χ4v) is 1.15. The van der Waals surface area contributed by atoms with Gasteiger partial charge in [-0.3, -0.25) is 5.32 Å². The van der Waals surface area contributed by atoms with Gasteiger partial charge in [0.15, 0.2) is 0 Å². The van der Waals surface area contributed by atoms with E-state index in [0.29, 0.717) is 5.69 Å². The monoisotopic (exact) mass is 211 g/mol. The lowest BCUT2D eigenvalue weighted by Crippen LogP contribution is -2.15. The van der Waals surface area contributed by atoms with Crippen molar-refractivity contribution in [3.63, 3.8) is 0 Å². The number of halogens is 1. The molecule has 4 heteroatoms. The molecule has 0 aliphatic carbocycles. The second-order valence-electron chi connectivity index (χ2n) is 3.27. The molecule has 82 valence electrons. The van der Waals surface area contributed by atoms with Gasteiger partial charge in [-0.25, -0.2) is 9.18 Å². The van der Waals surface area contributed by atoms with Crippen LogP contribution in [-0.4, -0.2) is 19.4 Å². The molecule has 0 atom stereocenters. The lowest BCUT2D eigenvalue weighted by atomic mass is 10.1. The molecule has 1 aromatic rings. The molecule has 3 nitrogen and oxygen atoms in total. The van der Waals surface area contributed by atoms with Crippen molar-refractivity contribution in [2.75, 3.05) is 18.6 Å². The summed E-state index contributed by atoms with van der Waals surface area (Å²) in [6.07, 6.45) is -0.624. The van der Waals surface area contributed by atoms with E-state index in [0.717, 1.165) is 11.1 Å². The highest BCUT2D eigenvalue weighted by Gasteiger charge is 2.05. The fraction of sp³-hybridized carbons (Fsp3) is 0.364. The maximum absolute atomic E-state index is 11.7. The van der Waals surface area contributed by atoms with Crippen LogP contribution in [0.5, 0.6) is 0 Å². The van der Waals surface area contributed by atoms with Crippen LogP contribution >= 0.6 is 0 Å². The van der Waals surface area contributed by atoms with E-state index in [1.54, 1.807) is 0 Å². The van der Waals surface area contributed by atoms with Gasteiger partial charge in [0.05, 0.1) is 0 Å². The van der Waals surface area contributed by atoms with E-state index in [9.17, 15) is 9.18 Å². The number of anilines is 1. The molecule has 0 fully saturated rings. The van der Waals surface area contributed by atoms with Gasteiger partial charge in [0.1, 0.15) is 13.3 Å². The third-order valence-corrected chi connectivity index (χ3v) is 1.94. The second-order valence-corrected chi connectivity index (χ2v) is 3.27. The van der Waals surface area contributed by atoms with E-state index < -0.39 is 12.8 Å². The minimum absolute atomic E-state index is 0.212. The van der Waals surface area contributed by atoms with Crippen molar-refractivity contribution in [2.24, 2.45) is 0 Å². The molecular formula is C11H14FNO2. The van der Waals surface area contributed by atoms with Gasteiger partial charge in [0, 0.05) is 5.69 Å². The van der Waals surface area contributed by atoms with Gasteiger partial charge in [-0.2, -0.15) is 0 Å². The standard InChI is InChI=1S/C11H14FNO2/c1-8-3-4-9(2)10(7-8)13-11(14)15-6-5-12/h3-4,7H,5-6H2,1-2H3,(H,13,14). The number of ether oxygens (including phenoxy) is 1. The van der Waals surface area contributed by atoms with Gasteiger partial charge in [0.2, 0.25) is 0 Å². The predicted molar refractivity (Wildman–Crippen MR) is 56.9 cm³/mol. The van der Waals surface area contributed by atoms with E-state index in [2.05, 4.69) is 10.1 Å². The Morgan fingerprint density at radius 1 is 1.47 bits per heavy atom. The van der Waals surface area contributed by atoms with Crippen LogP contribution in [0.25, 0.3) is 0 Å². The Morgan fingerprint density at radius 2 is 2.20 bits per heavy atom. The van der Waals surface area contributed by atoms with Gasteiger partial charge < -0.3 is 4.74 Å². The van der Waals surface area contributed by atoms with E-state index in [-0.39, 0.29) is 6.61 Å². The summed E-state index contributed by atoms with van der Waals surface area (Å²) >= 11 is 0. The first kappa shape index (κ1) is 11.5. The van der Waals surface area contributed by atoms with Crippen molar-refractivity contribution >= 4 is 11.8 Å². The Kier molecular flexibility index (Phi) is 4.09. The molecule has 0 bridgehead atoms. The Hall–Kier alpha value is -1.58. The lowest BCUT2D eigenvalue weighted by molar-refractivity contribution is 0.152. The quantitative estimate of drug-likeness (QED) is 0.834. The van der Waals surface area contributed by atoms with Crippen LogP contribution in [0.2, 0.25) is 0 Å². The summed E-state index contributed by atoms with van der Waals surface area (Å²) in [4.78, 5) is 11.1. The summed E-state index contributed by atoms with van der Waals surface area (Å²) in [6.45, 7) is 2.93. The van der Waals surface area contributed by atoms with Crippen LogP contribution in [0.1, 0.15) is 11.1 Å². The second kappa shape index (κ2) is 5.34. The Labute approximate surface area is 88.2 Å². The number of carbonyl (C=O) groups excluding carboxylic acids is 1. The minimum atomic E-state index is -0.666. The van der Waals surface area contributed by atoms with Gasteiger partial charge in [-0.15, -0.1) is 0 Å². The number of rotatable bonds is 3. The zero-order valence-corrected chi connectivity index (χ0v) is 8.84. The fourth-order valence-electron chi connectivity index (χ4n) is 1.15. The zero-order valence-electron chi connectivity index (χ0n) is 8.84. The van der Waals surface area contributed by atoms with Gasteiger partial charge in [-0.1, -0.05) is 12.1 Å². The first-order chi connectivity index (χ1) is 7.13. The third-order valence-electron chi connectivity index (χ3n) is 1.94. The first-order valence-electron chi connectivity index (χ1n) is 4.70. The highest BCUT2D eigenvalue weighted by Crippen LogP contribution is 2.16. The number of aryl methyl sites for hydroxylation is 2. The van der Waals surface area contributed by atoms with Crippen molar-refractivity contribution in [3.8, 4) is 0 Å². The zero-order chi connectivity index (χ0) is 11.3. The molecule has 1 amide bonds. The number of hydrogen-bond acceptors (Lipinski definition) is 2. The summed E-state index contributed by atoms with van der Waals surface area (Å²) in [6, 6.07) is 5.69. The SMILES string of the molecule is Cc1ccc(C)c(NC(=O)OCCF)c1. The molecule has 0 saturated carbocycles. The Morgan fingerprint density at radius 3 is 2.87 bits per heavy atom. The molecule has 0 aromatic heterocycles. The minimum Gasteiger partial charge on any atom is -0.447 e. The highest BCUT2D eigenvalue weighted by atomic mass is 19.1. The van der Waals surface area contributed by atoms with Gasteiger partial charge in [0.25, 0.3) is 0 Å². The van der Waals surface area contributed by atoms with Crippen molar-refractivity contribution < 1.29 is 13.9 Å². The van der Waals surface area contributed by atoms with Crippen LogP contribution in [0.3, 0.4) is 0 Å². The van der Waals surface area contributed by atoms with Crippen LogP contribution in [0.15, 0.2) is 18.2 Å². The number of benzene rings is 1. The molecule has 0 unspecified atom stereocenters. The van der Waals surface area contributed by atoms with E-state index in [1.807, 2.05) is 32.0 Å². The largest absolute Gasteiger partial charge is 0.447 e. The molecule has 0 spiro atoms. The average Bonchev–Trinajstić information content (AvgIpc) is 2.20. The number of carbonyl (C=O) groups is 1. The van der Waals surface area contributed by atoms with Crippen LogP contribution in [0, 0.1) is 13.8 Å². The molecule has 0 saturated heterocycles. The molecular weight excluding hydrogens is 197 g/mol. The summed E-state index contributed by atoms with van der Waals surface area (Å²) in [5.41, 5.74) is 2.68. The van der Waals surface area contributed by atoms with Crippen LogP contribution in [0.4, 0.5) is 14.9 Å². The summed E-state index contributed by atoms with van der Waals surface area (Å²) in [5, 5.41) is 2.56. The summed E-state index contributed by atoms with van der Waals surface area (Å²) in [7, 11) is 0. The van der Waals surface area contributed by atoms with Crippen LogP contribution < -0.4 is 5.32 Å². The highest BCUT2D eigenvalue weighted by molar-refractivity contribution is 5.85. The van der Waals surface area contributed by atoms with E-state index >= 15 is 0 Å². The van der Waals surface area contributed by atoms with Gasteiger partial charge >= 0.3 is 6.09 Å². The molecule has 0 aliphatic heterocycles. The van der Waals surface area contributed by atoms with Crippen molar-refractivity contribution in [3.05, 3.63) is 29.3 Å².